The number of rotatable bonds is 2. The molecule has 0 fully saturated rings. The summed E-state index contributed by atoms with van der Waals surface area (Å²) in [5.74, 6) is 0. The Kier molecular flexibility index (Phi) is 2.82. The molecule has 0 aliphatic heterocycles. The lowest BCUT2D eigenvalue weighted by Crippen LogP contribution is -2.02. The van der Waals surface area contributed by atoms with Crippen LogP contribution < -0.4 is 5.56 Å². The zero-order valence-corrected chi connectivity index (χ0v) is 12.2. The van der Waals surface area contributed by atoms with E-state index in [1.54, 1.807) is 6.07 Å². The molecule has 22 heavy (non-hydrogen) atoms. The largest absolute Gasteiger partial charge is 0.322 e. The molecule has 0 unspecified atom stereocenters. The Hall–Kier alpha value is -2.88. The lowest BCUT2D eigenvalue weighted by atomic mass is 10.1. The van der Waals surface area contributed by atoms with E-state index in [0.717, 1.165) is 34.2 Å². The van der Waals surface area contributed by atoms with Gasteiger partial charge in [-0.1, -0.05) is 19.1 Å². The van der Waals surface area contributed by atoms with E-state index in [9.17, 15) is 4.79 Å². The van der Waals surface area contributed by atoms with Gasteiger partial charge in [0.1, 0.15) is 5.65 Å². The predicted molar refractivity (Wildman–Crippen MR) is 88.1 cm³/mol. The van der Waals surface area contributed by atoms with Crippen molar-refractivity contribution < 1.29 is 0 Å². The van der Waals surface area contributed by atoms with Gasteiger partial charge < -0.3 is 9.38 Å². The summed E-state index contributed by atoms with van der Waals surface area (Å²) >= 11 is 0. The summed E-state index contributed by atoms with van der Waals surface area (Å²) in [6.45, 7) is 2.14. The number of imidazole rings is 1. The van der Waals surface area contributed by atoms with Crippen molar-refractivity contribution in [1.29, 1.82) is 0 Å². The first-order valence-corrected chi connectivity index (χ1v) is 7.35. The van der Waals surface area contributed by atoms with Crippen LogP contribution in [0.3, 0.4) is 0 Å². The Morgan fingerprint density at radius 1 is 1.14 bits per heavy atom. The molecule has 4 nitrogen and oxygen atoms in total. The van der Waals surface area contributed by atoms with E-state index < -0.39 is 0 Å². The normalized spacial score (nSPS) is 11.3. The Morgan fingerprint density at radius 3 is 2.91 bits per heavy atom. The fourth-order valence-electron chi connectivity index (χ4n) is 2.92. The molecule has 0 bridgehead atoms. The molecule has 0 radical (unpaired) electrons. The van der Waals surface area contributed by atoms with E-state index in [4.69, 9.17) is 4.98 Å². The highest BCUT2D eigenvalue weighted by molar-refractivity contribution is 5.84. The smallest absolute Gasteiger partial charge is 0.248 e. The van der Waals surface area contributed by atoms with Crippen LogP contribution in [0, 0.1) is 0 Å². The highest BCUT2D eigenvalue weighted by Gasteiger charge is 2.12. The van der Waals surface area contributed by atoms with E-state index in [0.29, 0.717) is 0 Å². The molecule has 3 heterocycles. The first-order valence-electron chi connectivity index (χ1n) is 7.35. The number of aryl methyl sites for hydroxylation is 1. The topological polar surface area (TPSA) is 50.2 Å². The number of nitrogens with one attached hydrogen (secondary N) is 1. The molecule has 0 amide bonds. The van der Waals surface area contributed by atoms with Crippen LogP contribution in [0.1, 0.15) is 12.6 Å². The van der Waals surface area contributed by atoms with Gasteiger partial charge in [0.05, 0.1) is 11.4 Å². The minimum absolute atomic E-state index is 0.0813. The van der Waals surface area contributed by atoms with Crippen LogP contribution in [0.25, 0.3) is 27.8 Å². The maximum absolute atomic E-state index is 11.4. The molecule has 4 rings (SSSR count). The van der Waals surface area contributed by atoms with Gasteiger partial charge in [-0.2, -0.15) is 0 Å². The summed E-state index contributed by atoms with van der Waals surface area (Å²) < 4.78 is 2.13. The third-order valence-corrected chi connectivity index (χ3v) is 3.96. The van der Waals surface area contributed by atoms with Gasteiger partial charge in [-0.3, -0.25) is 4.79 Å². The SMILES string of the molecule is CCc1c(-c2ccc3[nH]c(=O)ccc3c2)nc2ccccn12. The predicted octanol–water partition coefficient (Wildman–Crippen LogP) is 3.41. The molecule has 3 aromatic heterocycles. The molecule has 108 valence electrons. The number of aromatic nitrogens is 3. The lowest BCUT2D eigenvalue weighted by molar-refractivity contribution is 0.998. The zero-order valence-electron chi connectivity index (χ0n) is 12.2. The minimum Gasteiger partial charge on any atom is -0.322 e. The van der Waals surface area contributed by atoms with Gasteiger partial charge in [-0.05, 0) is 42.1 Å². The van der Waals surface area contributed by atoms with Gasteiger partial charge in [-0.25, -0.2) is 4.98 Å². The van der Waals surface area contributed by atoms with Gasteiger partial charge in [-0.15, -0.1) is 0 Å². The minimum atomic E-state index is -0.0813. The molecule has 4 aromatic rings. The molecule has 0 atom stereocenters. The second-order valence-electron chi connectivity index (χ2n) is 5.31. The average molecular weight is 289 g/mol. The van der Waals surface area contributed by atoms with Gasteiger partial charge in [0, 0.05) is 23.3 Å². The third kappa shape index (κ3) is 1.92. The van der Waals surface area contributed by atoms with Crippen LogP contribution in [0.15, 0.2) is 59.5 Å². The van der Waals surface area contributed by atoms with E-state index in [2.05, 4.69) is 22.4 Å². The zero-order chi connectivity index (χ0) is 15.1. The van der Waals surface area contributed by atoms with Crippen LogP contribution in [-0.2, 0) is 6.42 Å². The Balaban J connectivity index is 1.98. The van der Waals surface area contributed by atoms with Crippen LogP contribution in [0.4, 0.5) is 0 Å². The third-order valence-electron chi connectivity index (χ3n) is 3.96. The van der Waals surface area contributed by atoms with Crippen molar-refractivity contribution in [2.24, 2.45) is 0 Å². The fraction of sp³-hybridized carbons (Fsp3) is 0.111. The molecule has 0 saturated carbocycles. The standard InChI is InChI=1S/C18H15N3O/c1-2-15-18(20-16-5-3-4-10-21(15)16)13-6-8-14-12(11-13)7-9-17(22)19-14/h3-11H,2H2,1H3,(H,19,22). The quantitative estimate of drug-likeness (QED) is 0.615. The molecule has 0 aliphatic rings. The molecule has 0 spiro atoms. The number of fused-ring (bicyclic) bond motifs is 2. The molecule has 1 N–H and O–H groups in total. The molecule has 0 saturated heterocycles. The van der Waals surface area contributed by atoms with E-state index in [-0.39, 0.29) is 5.56 Å². The van der Waals surface area contributed by atoms with Crippen LogP contribution in [0.2, 0.25) is 0 Å². The number of nitrogens with zero attached hydrogens (tertiary/aromatic N) is 2. The van der Waals surface area contributed by atoms with Gasteiger partial charge in [0.2, 0.25) is 5.56 Å². The van der Waals surface area contributed by atoms with Crippen molar-refractivity contribution in [3.05, 3.63) is 70.8 Å². The van der Waals surface area contributed by atoms with Crippen LogP contribution in [-0.4, -0.2) is 14.4 Å². The van der Waals surface area contributed by atoms with E-state index in [1.165, 1.54) is 5.69 Å². The molecule has 4 heteroatoms. The number of aromatic amines is 1. The Bertz CT molecular complexity index is 1040. The van der Waals surface area contributed by atoms with Gasteiger partial charge in [0.15, 0.2) is 0 Å². The maximum atomic E-state index is 11.4. The molecule has 1 aromatic carbocycles. The van der Waals surface area contributed by atoms with Crippen LogP contribution >= 0.6 is 0 Å². The second-order valence-corrected chi connectivity index (χ2v) is 5.31. The molecule has 0 aliphatic carbocycles. The summed E-state index contributed by atoms with van der Waals surface area (Å²) in [6, 6.07) is 15.5. The van der Waals surface area contributed by atoms with Crippen LogP contribution in [0.5, 0.6) is 0 Å². The second kappa shape index (κ2) is 4.84. The van der Waals surface area contributed by atoms with Crippen molar-refractivity contribution in [2.45, 2.75) is 13.3 Å². The monoisotopic (exact) mass is 289 g/mol. The summed E-state index contributed by atoms with van der Waals surface area (Å²) in [4.78, 5) is 19.0. The van der Waals surface area contributed by atoms with Crippen molar-refractivity contribution in [3.63, 3.8) is 0 Å². The number of benzene rings is 1. The van der Waals surface area contributed by atoms with E-state index >= 15 is 0 Å². The lowest BCUT2D eigenvalue weighted by Gasteiger charge is -2.04. The van der Waals surface area contributed by atoms with Gasteiger partial charge in [0.25, 0.3) is 0 Å². The van der Waals surface area contributed by atoms with E-state index in [1.807, 2.05) is 42.6 Å². The maximum Gasteiger partial charge on any atom is 0.248 e. The van der Waals surface area contributed by atoms with Gasteiger partial charge >= 0.3 is 0 Å². The Morgan fingerprint density at radius 2 is 2.05 bits per heavy atom. The summed E-state index contributed by atoms with van der Waals surface area (Å²) in [6.07, 6.45) is 2.95. The molecular formula is C18H15N3O. The first kappa shape index (κ1) is 12.8. The number of hydrogen-bond donors (Lipinski definition) is 1. The summed E-state index contributed by atoms with van der Waals surface area (Å²) in [5.41, 5.74) is 4.98. The number of hydrogen-bond acceptors (Lipinski definition) is 2. The average Bonchev–Trinajstić information content (AvgIpc) is 2.93. The van der Waals surface area contributed by atoms with Crippen molar-refractivity contribution in [1.82, 2.24) is 14.4 Å². The Labute approximate surface area is 127 Å². The van der Waals surface area contributed by atoms with Crippen molar-refractivity contribution in [2.75, 3.05) is 0 Å². The summed E-state index contributed by atoms with van der Waals surface area (Å²) in [5, 5.41) is 1.01. The summed E-state index contributed by atoms with van der Waals surface area (Å²) in [7, 11) is 0. The van der Waals surface area contributed by atoms with Crippen molar-refractivity contribution >= 4 is 16.6 Å². The number of H-pyrrole nitrogens is 1. The van der Waals surface area contributed by atoms with Crippen molar-refractivity contribution in [3.8, 4) is 11.3 Å². The fourth-order valence-corrected chi connectivity index (χ4v) is 2.92. The highest BCUT2D eigenvalue weighted by Crippen LogP contribution is 2.27. The highest BCUT2D eigenvalue weighted by atomic mass is 16.1. The first-order chi connectivity index (χ1) is 10.8. The number of pyridine rings is 2. The molecular weight excluding hydrogens is 274 g/mol.